The van der Waals surface area contributed by atoms with E-state index in [1.54, 1.807) is 6.92 Å². The van der Waals surface area contributed by atoms with Gasteiger partial charge in [0.25, 0.3) is 0 Å². The molecule has 0 aliphatic rings. The molecule has 2 aromatic rings. The fraction of sp³-hybridized carbons (Fsp3) is 0.357. The van der Waals surface area contributed by atoms with Gasteiger partial charge in [0.1, 0.15) is 0 Å². The van der Waals surface area contributed by atoms with Crippen LogP contribution in [0.4, 0.5) is 4.39 Å². The molecule has 3 nitrogen and oxygen atoms in total. The van der Waals surface area contributed by atoms with Crippen LogP contribution in [-0.2, 0) is 11.2 Å². The summed E-state index contributed by atoms with van der Waals surface area (Å²) in [4.78, 5) is 12.6. The molecule has 2 N–H and O–H groups in total. The number of carboxylic acid groups (broad SMARTS) is 1. The monoisotopic (exact) mass is 251 g/mol. The highest BCUT2D eigenvalue weighted by Gasteiger charge is 2.06. The summed E-state index contributed by atoms with van der Waals surface area (Å²) in [5, 5.41) is 8.87. The number of carboxylic acids is 1. The number of aryl methyl sites for hydroxylation is 2. The zero-order valence-electron chi connectivity index (χ0n) is 10.7. The average Bonchev–Trinajstić information content (AvgIpc) is 2.67. The summed E-state index contributed by atoms with van der Waals surface area (Å²) in [5.41, 5.74) is 3.29. The van der Waals surface area contributed by atoms with Gasteiger partial charge in [0, 0.05) is 29.4 Å². The van der Waals surface area contributed by atoms with Crippen LogP contribution in [0.25, 0.3) is 10.9 Å². The van der Waals surface area contributed by atoms with Crippen molar-refractivity contribution in [2.75, 3.05) is 6.67 Å². The number of benzene rings is 1. The second-order valence-electron chi connectivity index (χ2n) is 3.96. The minimum absolute atomic E-state index is 0.222. The van der Waals surface area contributed by atoms with Crippen LogP contribution in [0.3, 0.4) is 0 Å². The minimum Gasteiger partial charge on any atom is -0.481 e. The third-order valence-corrected chi connectivity index (χ3v) is 2.67. The molecule has 0 aliphatic heterocycles. The molecule has 0 saturated carbocycles. The smallest absolute Gasteiger partial charge is 0.303 e. The molecule has 0 bridgehead atoms. The van der Waals surface area contributed by atoms with E-state index in [9.17, 15) is 9.18 Å². The van der Waals surface area contributed by atoms with Crippen molar-refractivity contribution in [3.05, 3.63) is 35.5 Å². The Kier molecular flexibility index (Phi) is 5.36. The summed E-state index contributed by atoms with van der Waals surface area (Å²) in [6, 6.07) is 8.02. The van der Waals surface area contributed by atoms with Crippen molar-refractivity contribution in [2.45, 2.75) is 26.7 Å². The highest BCUT2D eigenvalue weighted by Crippen LogP contribution is 2.21. The van der Waals surface area contributed by atoms with Gasteiger partial charge in [-0.1, -0.05) is 25.1 Å². The largest absolute Gasteiger partial charge is 0.481 e. The first-order valence-corrected chi connectivity index (χ1v) is 5.94. The first-order valence-electron chi connectivity index (χ1n) is 5.94. The van der Waals surface area contributed by atoms with Crippen molar-refractivity contribution < 1.29 is 14.3 Å². The van der Waals surface area contributed by atoms with Gasteiger partial charge in [-0.15, -0.1) is 0 Å². The number of H-pyrrole nitrogens is 1. The number of aromatic nitrogens is 1. The van der Waals surface area contributed by atoms with Gasteiger partial charge in [0.15, 0.2) is 0 Å². The van der Waals surface area contributed by atoms with Crippen LogP contribution in [0.5, 0.6) is 0 Å². The lowest BCUT2D eigenvalue weighted by Gasteiger charge is -1.95. The molecule has 0 unspecified atom stereocenters. The molecule has 0 spiro atoms. The van der Waals surface area contributed by atoms with Crippen LogP contribution in [0, 0.1) is 6.92 Å². The summed E-state index contributed by atoms with van der Waals surface area (Å²) >= 11 is 0. The Labute approximate surface area is 106 Å². The molecule has 0 atom stereocenters. The Morgan fingerprint density at radius 3 is 2.56 bits per heavy atom. The zero-order valence-corrected chi connectivity index (χ0v) is 10.7. The number of carbonyl (C=O) groups is 1. The van der Waals surface area contributed by atoms with Crippen molar-refractivity contribution in [1.82, 2.24) is 4.98 Å². The summed E-state index contributed by atoms with van der Waals surface area (Å²) < 4.78 is 12.3. The van der Waals surface area contributed by atoms with Gasteiger partial charge in [0.05, 0.1) is 6.67 Å². The Morgan fingerprint density at radius 1 is 1.39 bits per heavy atom. The fourth-order valence-electron chi connectivity index (χ4n) is 1.75. The van der Waals surface area contributed by atoms with Crippen LogP contribution in [-0.4, -0.2) is 22.7 Å². The summed E-state index contributed by atoms with van der Waals surface area (Å²) in [6.45, 7) is 3.30. The van der Waals surface area contributed by atoms with Crippen LogP contribution in [0.2, 0.25) is 0 Å². The van der Waals surface area contributed by atoms with Gasteiger partial charge >= 0.3 is 5.97 Å². The van der Waals surface area contributed by atoms with Gasteiger partial charge in [-0.3, -0.25) is 9.18 Å². The SMILES string of the molecule is CCC(=O)O.Cc1[nH]c2ccccc2c1CCF. The quantitative estimate of drug-likeness (QED) is 0.877. The van der Waals surface area contributed by atoms with Gasteiger partial charge in [-0.25, -0.2) is 0 Å². The van der Waals surface area contributed by atoms with E-state index in [1.165, 1.54) is 0 Å². The van der Waals surface area contributed by atoms with Crippen molar-refractivity contribution in [3.63, 3.8) is 0 Å². The van der Waals surface area contributed by atoms with E-state index in [4.69, 9.17) is 5.11 Å². The van der Waals surface area contributed by atoms with Crippen LogP contribution >= 0.6 is 0 Å². The first kappa shape index (κ1) is 14.2. The fourth-order valence-corrected chi connectivity index (χ4v) is 1.75. The standard InChI is InChI=1S/C11H12FN.C3H6O2/c1-8-9(6-7-12)10-4-2-3-5-11(10)13-8;1-2-3(4)5/h2-5,13H,6-7H2,1H3;2H2,1H3,(H,4,5). The number of halogens is 1. The molecule has 1 aromatic carbocycles. The molecule has 18 heavy (non-hydrogen) atoms. The second kappa shape index (κ2) is 6.79. The van der Waals surface area contributed by atoms with Crippen LogP contribution in [0.15, 0.2) is 24.3 Å². The third kappa shape index (κ3) is 3.58. The maximum Gasteiger partial charge on any atom is 0.303 e. The van der Waals surface area contributed by atoms with Crippen molar-refractivity contribution in [3.8, 4) is 0 Å². The lowest BCUT2D eigenvalue weighted by Crippen LogP contribution is -1.87. The van der Waals surface area contributed by atoms with E-state index < -0.39 is 5.97 Å². The van der Waals surface area contributed by atoms with Gasteiger partial charge in [-0.2, -0.15) is 0 Å². The number of hydrogen-bond acceptors (Lipinski definition) is 1. The Balaban J connectivity index is 0.000000280. The maximum atomic E-state index is 12.3. The molecular weight excluding hydrogens is 233 g/mol. The van der Waals surface area contributed by atoms with Crippen molar-refractivity contribution in [2.24, 2.45) is 0 Å². The molecular formula is C14H18FNO2. The highest BCUT2D eigenvalue weighted by atomic mass is 19.1. The summed E-state index contributed by atoms with van der Waals surface area (Å²) in [5.74, 6) is -0.745. The van der Waals surface area contributed by atoms with Crippen molar-refractivity contribution >= 4 is 16.9 Å². The Bertz CT molecular complexity index is 519. The predicted molar refractivity (Wildman–Crippen MR) is 70.6 cm³/mol. The molecule has 98 valence electrons. The summed E-state index contributed by atoms with van der Waals surface area (Å²) in [7, 11) is 0. The van der Waals surface area contributed by atoms with E-state index >= 15 is 0 Å². The topological polar surface area (TPSA) is 53.1 Å². The highest BCUT2D eigenvalue weighted by molar-refractivity contribution is 5.84. The zero-order chi connectivity index (χ0) is 13.5. The molecule has 1 aromatic heterocycles. The molecule has 0 fully saturated rings. The van der Waals surface area contributed by atoms with Crippen LogP contribution < -0.4 is 0 Å². The molecule has 0 aliphatic carbocycles. The number of hydrogen-bond donors (Lipinski definition) is 2. The van der Waals surface area contributed by atoms with Crippen molar-refractivity contribution in [1.29, 1.82) is 0 Å². The maximum absolute atomic E-state index is 12.3. The number of nitrogens with one attached hydrogen (secondary N) is 1. The predicted octanol–water partition coefficient (Wildman–Crippen LogP) is 3.47. The van der Waals surface area contributed by atoms with Gasteiger partial charge < -0.3 is 10.1 Å². The average molecular weight is 251 g/mol. The minimum atomic E-state index is -0.745. The molecule has 1 heterocycles. The Morgan fingerprint density at radius 2 is 2.00 bits per heavy atom. The number of rotatable bonds is 3. The lowest BCUT2D eigenvalue weighted by atomic mass is 10.1. The van der Waals surface area contributed by atoms with Gasteiger partial charge in [-0.05, 0) is 18.6 Å². The number of aromatic amines is 1. The first-order chi connectivity index (χ1) is 8.60. The van der Waals surface area contributed by atoms with E-state index in [0.29, 0.717) is 6.42 Å². The second-order valence-corrected chi connectivity index (χ2v) is 3.96. The summed E-state index contributed by atoms with van der Waals surface area (Å²) in [6.07, 6.45) is 0.732. The van der Waals surface area contributed by atoms with E-state index in [1.807, 2.05) is 31.2 Å². The Hall–Kier alpha value is -1.84. The van der Waals surface area contributed by atoms with Crippen LogP contribution in [0.1, 0.15) is 24.6 Å². The molecule has 0 amide bonds. The number of alkyl halides is 1. The molecule has 2 rings (SSSR count). The van der Waals surface area contributed by atoms with E-state index in [-0.39, 0.29) is 13.1 Å². The third-order valence-electron chi connectivity index (χ3n) is 2.67. The number of aliphatic carboxylic acids is 1. The van der Waals surface area contributed by atoms with Gasteiger partial charge in [0.2, 0.25) is 0 Å². The van der Waals surface area contributed by atoms with E-state index in [0.717, 1.165) is 22.2 Å². The number of para-hydroxylation sites is 1. The lowest BCUT2D eigenvalue weighted by molar-refractivity contribution is -0.136. The number of fused-ring (bicyclic) bond motifs is 1. The van der Waals surface area contributed by atoms with E-state index in [2.05, 4.69) is 4.98 Å². The molecule has 0 saturated heterocycles. The molecule has 0 radical (unpaired) electrons. The molecule has 4 heteroatoms. The normalized spacial score (nSPS) is 9.94.